The molecule has 3 aromatic carbocycles. The summed E-state index contributed by atoms with van der Waals surface area (Å²) in [5, 5.41) is 12.7. The fourth-order valence-corrected chi connectivity index (χ4v) is 3.22. The Labute approximate surface area is 154 Å². The Hall–Kier alpha value is -3.20. The molecule has 1 aliphatic rings. The van der Waals surface area contributed by atoms with Crippen molar-refractivity contribution in [1.82, 2.24) is 5.32 Å². The lowest BCUT2D eigenvalue weighted by molar-refractivity contribution is 0.779. The van der Waals surface area contributed by atoms with Crippen molar-refractivity contribution < 1.29 is 0 Å². The van der Waals surface area contributed by atoms with Crippen LogP contribution in [0.15, 0.2) is 101 Å². The molecule has 1 aliphatic heterocycles. The number of rotatable bonds is 4. The molecule has 1 heterocycles. The van der Waals surface area contributed by atoms with E-state index in [4.69, 9.17) is 0 Å². The van der Waals surface area contributed by atoms with Crippen LogP contribution in [-0.4, -0.2) is 6.54 Å². The van der Waals surface area contributed by atoms with Crippen LogP contribution >= 0.6 is 0 Å². The van der Waals surface area contributed by atoms with Gasteiger partial charge in [-0.3, -0.25) is 0 Å². The molecule has 3 nitrogen and oxygen atoms in total. The van der Waals surface area contributed by atoms with E-state index in [0.29, 0.717) is 0 Å². The molecule has 1 N–H and O–H groups in total. The predicted octanol–water partition coefficient (Wildman–Crippen LogP) is 5.83. The Morgan fingerprint density at radius 3 is 2.12 bits per heavy atom. The van der Waals surface area contributed by atoms with Gasteiger partial charge in [0.05, 0.1) is 17.1 Å². The maximum absolute atomic E-state index is 4.68. The van der Waals surface area contributed by atoms with Crippen molar-refractivity contribution >= 4 is 11.4 Å². The van der Waals surface area contributed by atoms with E-state index in [-0.39, 0.29) is 5.92 Å². The number of benzene rings is 3. The van der Waals surface area contributed by atoms with Crippen LogP contribution in [0.4, 0.5) is 5.69 Å². The van der Waals surface area contributed by atoms with E-state index in [9.17, 15) is 0 Å². The maximum Gasteiger partial charge on any atom is 0.0959 e. The summed E-state index contributed by atoms with van der Waals surface area (Å²) in [6.45, 7) is 2.90. The second-order valence-electron chi connectivity index (χ2n) is 6.51. The van der Waals surface area contributed by atoms with Gasteiger partial charge >= 0.3 is 0 Å². The highest BCUT2D eigenvalue weighted by atomic mass is 15.1. The van der Waals surface area contributed by atoms with Crippen molar-refractivity contribution in [2.45, 2.75) is 12.8 Å². The topological polar surface area (TPSA) is 36.8 Å². The molecule has 1 atom stereocenters. The molecule has 0 aromatic heterocycles. The Morgan fingerprint density at radius 1 is 0.769 bits per heavy atom. The minimum absolute atomic E-state index is 0.195. The quantitative estimate of drug-likeness (QED) is 0.596. The Bertz CT molecular complexity index is 926. The smallest absolute Gasteiger partial charge is 0.0959 e. The van der Waals surface area contributed by atoms with Gasteiger partial charge in [-0.25, -0.2) is 0 Å². The van der Waals surface area contributed by atoms with Crippen molar-refractivity contribution in [2.75, 3.05) is 6.54 Å². The minimum atomic E-state index is 0.195. The SMILES string of the molecule is Cc1ccc(N=NC2=C(c3ccccc3)NCC2c2ccccc2)cc1. The average molecular weight is 339 g/mol. The van der Waals surface area contributed by atoms with Gasteiger partial charge in [0.25, 0.3) is 0 Å². The molecule has 0 radical (unpaired) electrons. The normalized spacial score (nSPS) is 16.9. The Morgan fingerprint density at radius 2 is 1.42 bits per heavy atom. The maximum atomic E-state index is 4.68. The van der Waals surface area contributed by atoms with Gasteiger partial charge in [0, 0.05) is 12.5 Å². The zero-order valence-electron chi connectivity index (χ0n) is 14.8. The second kappa shape index (κ2) is 7.36. The van der Waals surface area contributed by atoms with Crippen LogP contribution in [0.5, 0.6) is 0 Å². The zero-order chi connectivity index (χ0) is 17.8. The molecular weight excluding hydrogens is 318 g/mol. The fourth-order valence-electron chi connectivity index (χ4n) is 3.22. The average Bonchev–Trinajstić information content (AvgIpc) is 3.13. The molecule has 26 heavy (non-hydrogen) atoms. The molecule has 128 valence electrons. The van der Waals surface area contributed by atoms with Gasteiger partial charge in [0.2, 0.25) is 0 Å². The summed E-state index contributed by atoms with van der Waals surface area (Å²) < 4.78 is 0. The third kappa shape index (κ3) is 3.42. The van der Waals surface area contributed by atoms with E-state index in [2.05, 4.69) is 83.1 Å². The lowest BCUT2D eigenvalue weighted by Gasteiger charge is -2.10. The molecule has 0 spiro atoms. The Balaban J connectivity index is 1.75. The van der Waals surface area contributed by atoms with Crippen molar-refractivity contribution in [1.29, 1.82) is 0 Å². The molecule has 3 heteroatoms. The summed E-state index contributed by atoms with van der Waals surface area (Å²) in [6, 6.07) is 29.0. The van der Waals surface area contributed by atoms with Gasteiger partial charge in [-0.05, 0) is 30.2 Å². The van der Waals surface area contributed by atoms with Crippen LogP contribution in [0.2, 0.25) is 0 Å². The van der Waals surface area contributed by atoms with Crippen LogP contribution < -0.4 is 5.32 Å². The summed E-state index contributed by atoms with van der Waals surface area (Å²) in [5.41, 5.74) is 6.54. The van der Waals surface area contributed by atoms with E-state index in [1.807, 2.05) is 24.3 Å². The lowest BCUT2D eigenvalue weighted by Crippen LogP contribution is -2.10. The number of hydrogen-bond donors (Lipinski definition) is 1. The summed E-state index contributed by atoms with van der Waals surface area (Å²) in [7, 11) is 0. The van der Waals surface area contributed by atoms with Crippen molar-refractivity contribution in [3.63, 3.8) is 0 Å². The van der Waals surface area contributed by atoms with Crippen LogP contribution in [-0.2, 0) is 0 Å². The monoisotopic (exact) mass is 339 g/mol. The van der Waals surface area contributed by atoms with Crippen LogP contribution in [0.25, 0.3) is 5.70 Å². The molecule has 0 aliphatic carbocycles. The van der Waals surface area contributed by atoms with E-state index >= 15 is 0 Å². The summed E-state index contributed by atoms with van der Waals surface area (Å²) >= 11 is 0. The molecule has 0 saturated carbocycles. The molecule has 0 fully saturated rings. The molecule has 0 amide bonds. The Kier molecular flexibility index (Phi) is 4.61. The molecule has 4 rings (SSSR count). The van der Waals surface area contributed by atoms with Gasteiger partial charge in [0.15, 0.2) is 0 Å². The second-order valence-corrected chi connectivity index (χ2v) is 6.51. The third-order valence-corrected chi connectivity index (χ3v) is 4.64. The zero-order valence-corrected chi connectivity index (χ0v) is 14.8. The van der Waals surface area contributed by atoms with Crippen molar-refractivity contribution in [3.8, 4) is 0 Å². The van der Waals surface area contributed by atoms with Crippen LogP contribution in [0.1, 0.15) is 22.6 Å². The van der Waals surface area contributed by atoms with Gasteiger partial charge in [-0.1, -0.05) is 78.4 Å². The first kappa shape index (κ1) is 16.3. The van der Waals surface area contributed by atoms with Crippen LogP contribution in [0, 0.1) is 6.92 Å². The summed E-state index contributed by atoms with van der Waals surface area (Å²) in [4.78, 5) is 0. The van der Waals surface area contributed by atoms with Gasteiger partial charge in [0.1, 0.15) is 0 Å². The highest BCUT2D eigenvalue weighted by Gasteiger charge is 2.27. The molecule has 0 bridgehead atoms. The minimum Gasteiger partial charge on any atom is -0.382 e. The van der Waals surface area contributed by atoms with Crippen molar-refractivity contribution in [2.24, 2.45) is 10.2 Å². The van der Waals surface area contributed by atoms with Gasteiger partial charge in [-0.2, -0.15) is 10.2 Å². The summed E-state index contributed by atoms with van der Waals surface area (Å²) in [5.74, 6) is 0.195. The number of nitrogens with zero attached hydrogens (tertiary/aromatic N) is 2. The molecule has 3 aromatic rings. The van der Waals surface area contributed by atoms with E-state index in [1.165, 1.54) is 11.1 Å². The standard InChI is InChI=1S/C23H21N3/c1-17-12-14-20(15-13-17)25-26-23-21(18-8-4-2-5-9-18)16-24-22(23)19-10-6-3-7-11-19/h2-15,21,24H,16H2,1H3. The highest BCUT2D eigenvalue weighted by Crippen LogP contribution is 2.36. The first-order valence-electron chi connectivity index (χ1n) is 8.88. The summed E-state index contributed by atoms with van der Waals surface area (Å²) in [6.07, 6.45) is 0. The third-order valence-electron chi connectivity index (χ3n) is 4.64. The van der Waals surface area contributed by atoms with Gasteiger partial charge in [-0.15, -0.1) is 0 Å². The van der Waals surface area contributed by atoms with E-state index in [0.717, 1.165) is 29.2 Å². The number of azo groups is 1. The van der Waals surface area contributed by atoms with Crippen molar-refractivity contribution in [3.05, 3.63) is 107 Å². The number of aryl methyl sites for hydroxylation is 1. The van der Waals surface area contributed by atoms with E-state index < -0.39 is 0 Å². The van der Waals surface area contributed by atoms with Gasteiger partial charge < -0.3 is 5.32 Å². The molecule has 1 unspecified atom stereocenters. The lowest BCUT2D eigenvalue weighted by atomic mass is 9.96. The predicted molar refractivity (Wildman–Crippen MR) is 106 cm³/mol. The largest absolute Gasteiger partial charge is 0.382 e. The number of nitrogens with one attached hydrogen (secondary N) is 1. The van der Waals surface area contributed by atoms with E-state index in [1.54, 1.807) is 0 Å². The highest BCUT2D eigenvalue weighted by molar-refractivity contribution is 5.71. The molecule has 0 saturated heterocycles. The first-order valence-corrected chi connectivity index (χ1v) is 8.88. The molecular formula is C23H21N3. The first-order chi connectivity index (χ1) is 12.8. The fraction of sp³-hybridized carbons (Fsp3) is 0.130. The number of hydrogen-bond acceptors (Lipinski definition) is 3. The van der Waals surface area contributed by atoms with Crippen LogP contribution in [0.3, 0.4) is 0 Å².